The van der Waals surface area contributed by atoms with Crippen molar-refractivity contribution in [2.75, 3.05) is 0 Å². The zero-order valence-electron chi connectivity index (χ0n) is 8.32. The largest absolute Gasteiger partial charge is 0.477 e. The van der Waals surface area contributed by atoms with Gasteiger partial charge in [-0.1, -0.05) is 0 Å². The fraction of sp³-hybridized carbons (Fsp3) is 0. The van der Waals surface area contributed by atoms with Gasteiger partial charge in [-0.2, -0.15) is 0 Å². The van der Waals surface area contributed by atoms with Crippen LogP contribution in [0.3, 0.4) is 0 Å². The number of hydrogen-bond acceptors (Lipinski definition) is 1. The van der Waals surface area contributed by atoms with E-state index >= 15 is 0 Å². The summed E-state index contributed by atoms with van der Waals surface area (Å²) in [5.41, 5.74) is 0.561. The molecule has 1 heterocycles. The number of carboxylic acid groups (broad SMARTS) is 1. The van der Waals surface area contributed by atoms with Crippen LogP contribution in [0.2, 0.25) is 0 Å². The Morgan fingerprint density at radius 3 is 2.76 bits per heavy atom. The van der Waals surface area contributed by atoms with Crippen LogP contribution in [0, 0.1) is 9.39 Å². The van der Waals surface area contributed by atoms with Gasteiger partial charge in [0.2, 0.25) is 0 Å². The highest BCUT2D eigenvalue weighted by atomic mass is 127. The fourth-order valence-corrected chi connectivity index (χ4v) is 2.48. The first kappa shape index (κ1) is 12.6. The summed E-state index contributed by atoms with van der Waals surface area (Å²) in [4.78, 5) is 11.1. The molecule has 0 atom stereocenters. The molecule has 0 unspecified atom stereocenters. The molecule has 1 aromatic heterocycles. The topological polar surface area (TPSA) is 42.2 Å². The van der Waals surface area contributed by atoms with E-state index in [1.54, 1.807) is 12.3 Å². The first-order valence-corrected chi connectivity index (χ1v) is 6.43. The Balaban J connectivity index is 2.67. The Kier molecular flexibility index (Phi) is 3.53. The van der Waals surface area contributed by atoms with Gasteiger partial charge in [-0.15, -0.1) is 0 Å². The van der Waals surface area contributed by atoms with Crippen LogP contribution in [0.4, 0.5) is 4.39 Å². The van der Waals surface area contributed by atoms with E-state index < -0.39 is 11.8 Å². The first-order valence-electron chi connectivity index (χ1n) is 4.55. The minimum atomic E-state index is -1.05. The highest BCUT2D eigenvalue weighted by Gasteiger charge is 2.15. The van der Waals surface area contributed by atoms with Gasteiger partial charge in [-0.3, -0.25) is 0 Å². The molecule has 17 heavy (non-hydrogen) atoms. The quantitative estimate of drug-likeness (QED) is 0.769. The highest BCUT2D eigenvalue weighted by molar-refractivity contribution is 14.1. The number of carboxylic acids is 1. The molecule has 0 radical (unpaired) electrons. The summed E-state index contributed by atoms with van der Waals surface area (Å²) < 4.78 is 16.0. The lowest BCUT2D eigenvalue weighted by molar-refractivity contribution is 0.0688. The number of rotatable bonds is 2. The van der Waals surface area contributed by atoms with Crippen molar-refractivity contribution in [3.05, 3.63) is 50.0 Å². The molecule has 1 N–H and O–H groups in total. The molecule has 0 amide bonds. The van der Waals surface area contributed by atoms with Crippen molar-refractivity contribution in [2.24, 2.45) is 0 Å². The van der Waals surface area contributed by atoms with E-state index in [9.17, 15) is 9.18 Å². The molecule has 6 heteroatoms. The Bertz CT molecular complexity index is 597. The summed E-state index contributed by atoms with van der Waals surface area (Å²) >= 11 is 5.29. The number of carbonyl (C=O) groups is 1. The van der Waals surface area contributed by atoms with Gasteiger partial charge in [0, 0.05) is 14.2 Å². The summed E-state index contributed by atoms with van der Waals surface area (Å²) in [6, 6.07) is 5.67. The lowest BCUT2D eigenvalue weighted by atomic mass is 10.3. The van der Waals surface area contributed by atoms with Crippen LogP contribution >= 0.6 is 38.5 Å². The van der Waals surface area contributed by atoms with Gasteiger partial charge in [-0.25, -0.2) is 9.18 Å². The summed E-state index contributed by atoms with van der Waals surface area (Å²) in [7, 11) is 0. The van der Waals surface area contributed by atoms with Crippen LogP contribution in [0.25, 0.3) is 5.69 Å². The third kappa shape index (κ3) is 2.52. The molecular weight excluding hydrogens is 404 g/mol. The summed E-state index contributed by atoms with van der Waals surface area (Å²) in [5, 5.41) is 9.07. The van der Waals surface area contributed by atoms with Crippen molar-refractivity contribution < 1.29 is 14.3 Å². The van der Waals surface area contributed by atoms with Crippen LogP contribution in [0.15, 0.2) is 34.9 Å². The molecule has 3 nitrogen and oxygen atoms in total. The molecule has 0 bridgehead atoms. The predicted molar refractivity (Wildman–Crippen MR) is 73.1 cm³/mol. The number of aromatic carboxylic acids is 1. The zero-order chi connectivity index (χ0) is 12.6. The van der Waals surface area contributed by atoms with Gasteiger partial charge >= 0.3 is 5.97 Å². The number of benzene rings is 1. The maximum absolute atomic E-state index is 13.2. The normalized spacial score (nSPS) is 10.5. The Labute approximate surface area is 119 Å². The van der Waals surface area contributed by atoms with Crippen molar-refractivity contribution in [3.8, 4) is 5.69 Å². The average molecular weight is 410 g/mol. The number of nitrogens with zero attached hydrogens (tertiary/aromatic N) is 1. The van der Waals surface area contributed by atoms with Crippen LogP contribution in [-0.2, 0) is 0 Å². The van der Waals surface area contributed by atoms with E-state index in [0.717, 1.165) is 3.57 Å². The van der Waals surface area contributed by atoms with Crippen LogP contribution in [0.1, 0.15) is 10.5 Å². The number of aromatic nitrogens is 1. The van der Waals surface area contributed by atoms with Gasteiger partial charge in [-0.05, 0) is 62.8 Å². The van der Waals surface area contributed by atoms with Crippen LogP contribution in [-0.4, -0.2) is 15.6 Å². The summed E-state index contributed by atoms with van der Waals surface area (Å²) in [6.07, 6.45) is 1.64. The van der Waals surface area contributed by atoms with Gasteiger partial charge in [0.25, 0.3) is 0 Å². The third-order valence-electron chi connectivity index (χ3n) is 2.17. The molecule has 0 aliphatic rings. The molecule has 0 aliphatic carbocycles. The Morgan fingerprint density at radius 2 is 2.12 bits per heavy atom. The second-order valence-electron chi connectivity index (χ2n) is 3.31. The van der Waals surface area contributed by atoms with E-state index in [1.165, 1.54) is 22.8 Å². The van der Waals surface area contributed by atoms with Crippen LogP contribution < -0.4 is 0 Å². The maximum atomic E-state index is 13.2. The molecule has 2 aromatic rings. The highest BCUT2D eigenvalue weighted by Crippen LogP contribution is 2.25. The molecular formula is C11H6BrFINO2. The molecule has 0 saturated carbocycles. The van der Waals surface area contributed by atoms with Crippen molar-refractivity contribution in [2.45, 2.75) is 0 Å². The van der Waals surface area contributed by atoms with Gasteiger partial charge < -0.3 is 9.67 Å². The van der Waals surface area contributed by atoms with Crippen molar-refractivity contribution in [3.63, 3.8) is 0 Å². The molecule has 2 rings (SSSR count). The van der Waals surface area contributed by atoms with E-state index in [4.69, 9.17) is 5.11 Å². The second kappa shape index (κ2) is 4.77. The van der Waals surface area contributed by atoms with Gasteiger partial charge in [0.05, 0.1) is 5.69 Å². The molecule has 0 fully saturated rings. The van der Waals surface area contributed by atoms with Crippen molar-refractivity contribution in [1.29, 1.82) is 0 Å². The van der Waals surface area contributed by atoms with Crippen LogP contribution in [0.5, 0.6) is 0 Å². The van der Waals surface area contributed by atoms with E-state index in [1.807, 2.05) is 22.6 Å². The molecule has 0 spiro atoms. The lowest BCUT2D eigenvalue weighted by Crippen LogP contribution is -2.06. The third-order valence-corrected chi connectivity index (χ3v) is 3.43. The number of hydrogen-bond donors (Lipinski definition) is 1. The molecule has 0 saturated heterocycles. The minimum Gasteiger partial charge on any atom is -0.477 e. The van der Waals surface area contributed by atoms with Crippen molar-refractivity contribution >= 4 is 44.5 Å². The second-order valence-corrected chi connectivity index (χ2v) is 5.41. The first-order chi connectivity index (χ1) is 7.99. The lowest BCUT2D eigenvalue weighted by Gasteiger charge is -2.08. The number of halogens is 3. The zero-order valence-corrected chi connectivity index (χ0v) is 12.1. The fourth-order valence-electron chi connectivity index (χ4n) is 1.46. The maximum Gasteiger partial charge on any atom is 0.352 e. The Morgan fingerprint density at radius 1 is 1.41 bits per heavy atom. The molecule has 1 aromatic carbocycles. The summed E-state index contributed by atoms with van der Waals surface area (Å²) in [6.45, 7) is 0. The average Bonchev–Trinajstić information content (AvgIpc) is 2.64. The molecule has 0 aliphatic heterocycles. The van der Waals surface area contributed by atoms with E-state index in [2.05, 4.69) is 15.9 Å². The van der Waals surface area contributed by atoms with Crippen molar-refractivity contribution in [1.82, 2.24) is 4.57 Å². The Hall–Kier alpha value is -0.890. The van der Waals surface area contributed by atoms with Gasteiger partial charge in [0.15, 0.2) is 0 Å². The SMILES string of the molecule is O=C(O)c1cc(I)cn1-c1cc(F)ccc1Br. The van der Waals surface area contributed by atoms with Gasteiger partial charge in [0.1, 0.15) is 11.5 Å². The monoisotopic (exact) mass is 409 g/mol. The standard InChI is InChI=1S/C11H6BrFINO2/c12-8-2-1-6(13)3-9(8)15-5-7(14)4-10(15)11(16)17/h1-5H,(H,16,17). The van der Waals surface area contributed by atoms with E-state index in [0.29, 0.717) is 10.2 Å². The molecule has 88 valence electrons. The minimum absolute atomic E-state index is 0.0979. The smallest absolute Gasteiger partial charge is 0.352 e. The van der Waals surface area contributed by atoms with E-state index in [-0.39, 0.29) is 5.69 Å². The summed E-state index contributed by atoms with van der Waals surface area (Å²) in [5.74, 6) is -1.47. The predicted octanol–water partition coefficient (Wildman–Crippen LogP) is 3.68.